The first-order valence-corrected chi connectivity index (χ1v) is 16.7. The summed E-state index contributed by atoms with van der Waals surface area (Å²) in [7, 11) is 1.84. The monoisotopic (exact) mass is 708 g/mol. The number of benzene rings is 1. The Labute approximate surface area is 296 Å². The highest BCUT2D eigenvalue weighted by molar-refractivity contribution is 5.97. The molecular formula is C34H48N10O7. The van der Waals surface area contributed by atoms with Gasteiger partial charge >= 0.3 is 11.9 Å². The van der Waals surface area contributed by atoms with Crippen molar-refractivity contribution in [2.75, 3.05) is 43.0 Å². The third-order valence-corrected chi connectivity index (χ3v) is 7.45. The zero-order valence-corrected chi connectivity index (χ0v) is 29.8. The smallest absolute Gasteiger partial charge is 0.329 e. The number of nitrogens with one attached hydrogen (secondary N) is 2. The molecular weight excluding hydrogens is 660 g/mol. The predicted octanol–water partition coefficient (Wildman–Crippen LogP) is 2.05. The molecule has 1 atom stereocenters. The van der Waals surface area contributed by atoms with Crippen LogP contribution >= 0.6 is 0 Å². The molecule has 0 bridgehead atoms. The first-order valence-electron chi connectivity index (χ1n) is 16.7. The lowest BCUT2D eigenvalue weighted by molar-refractivity contribution is -0.157. The molecule has 3 rings (SSSR count). The molecule has 0 saturated heterocycles. The van der Waals surface area contributed by atoms with E-state index in [1.807, 2.05) is 18.9 Å². The second-order valence-corrected chi connectivity index (χ2v) is 13.0. The largest absolute Gasteiger partial charge is 0.481 e. The molecule has 0 aliphatic rings. The highest BCUT2D eigenvalue weighted by Gasteiger charge is 2.28. The minimum Gasteiger partial charge on any atom is -0.481 e. The fourth-order valence-corrected chi connectivity index (χ4v) is 4.99. The lowest BCUT2D eigenvalue weighted by atomic mass is 10.1. The van der Waals surface area contributed by atoms with Crippen LogP contribution in [-0.2, 0) is 30.5 Å². The van der Waals surface area contributed by atoms with E-state index in [0.717, 1.165) is 12.1 Å². The fraction of sp³-hybridized carbons (Fsp3) is 0.500. The summed E-state index contributed by atoms with van der Waals surface area (Å²) < 4.78 is 5.52. The van der Waals surface area contributed by atoms with E-state index in [-0.39, 0.29) is 55.8 Å². The van der Waals surface area contributed by atoms with Gasteiger partial charge < -0.3 is 41.7 Å². The number of carbonyl (C=O) groups excluding carboxylic acids is 4. The van der Waals surface area contributed by atoms with Gasteiger partial charge in [-0.15, -0.1) is 0 Å². The molecule has 2 heterocycles. The molecule has 17 nitrogen and oxygen atoms in total. The maximum absolute atomic E-state index is 13.2. The van der Waals surface area contributed by atoms with Gasteiger partial charge in [-0.25, -0.2) is 14.8 Å². The van der Waals surface area contributed by atoms with Gasteiger partial charge in [0.15, 0.2) is 17.0 Å². The van der Waals surface area contributed by atoms with E-state index in [4.69, 9.17) is 21.3 Å². The van der Waals surface area contributed by atoms with Gasteiger partial charge in [-0.2, -0.15) is 9.97 Å². The summed E-state index contributed by atoms with van der Waals surface area (Å²) in [6, 6.07) is 5.65. The van der Waals surface area contributed by atoms with Gasteiger partial charge in [-0.05, 0) is 64.3 Å². The van der Waals surface area contributed by atoms with Crippen LogP contribution in [-0.4, -0.2) is 97.9 Å². The van der Waals surface area contributed by atoms with E-state index in [2.05, 4.69) is 30.6 Å². The molecule has 51 heavy (non-hydrogen) atoms. The number of aromatic nitrogens is 4. The zero-order valence-electron chi connectivity index (χ0n) is 29.8. The third-order valence-electron chi connectivity index (χ3n) is 7.45. The van der Waals surface area contributed by atoms with Crippen LogP contribution in [0.4, 0.5) is 17.5 Å². The molecule has 0 fully saturated rings. The second-order valence-electron chi connectivity index (χ2n) is 13.0. The van der Waals surface area contributed by atoms with Gasteiger partial charge in [0.2, 0.25) is 17.8 Å². The van der Waals surface area contributed by atoms with Gasteiger partial charge in [0, 0.05) is 50.8 Å². The summed E-state index contributed by atoms with van der Waals surface area (Å²) in [5.41, 5.74) is 13.1. The van der Waals surface area contributed by atoms with E-state index in [1.165, 1.54) is 0 Å². The highest BCUT2D eigenvalue weighted by atomic mass is 16.6. The number of carboxylic acids is 1. The van der Waals surface area contributed by atoms with Crippen LogP contribution in [0.2, 0.25) is 0 Å². The van der Waals surface area contributed by atoms with Gasteiger partial charge in [-0.1, -0.05) is 6.92 Å². The van der Waals surface area contributed by atoms with E-state index in [1.54, 1.807) is 56.1 Å². The van der Waals surface area contributed by atoms with E-state index < -0.39 is 29.5 Å². The molecule has 3 amide bonds. The molecule has 0 radical (unpaired) electrons. The Morgan fingerprint density at radius 1 is 0.980 bits per heavy atom. The van der Waals surface area contributed by atoms with Gasteiger partial charge in [-0.3, -0.25) is 19.2 Å². The van der Waals surface area contributed by atoms with Crippen molar-refractivity contribution >= 4 is 58.3 Å². The number of carboxylic acid groups (broad SMARTS) is 1. The first-order chi connectivity index (χ1) is 24.1. The number of nitrogens with two attached hydrogens (primary N) is 2. The standard InChI is InChI=1S/C34H48N10O7/c1-6-17-44(26(46)14-15-27(47)48)18-7-16-37-25(45)13-12-24(32(50)51-34(2,3)4)40-31(49)21-8-10-23(11-9-21)43(5)20-22-19-38-30-28(39-22)29(35)41-33(36)42-30/h8-11,19,24H,6-7,12-18,20H2,1-5H3,(H,37,45)(H,40,49)(H,47,48)(H4,35,36,38,41,42)/t24-/m1/s1. The van der Waals surface area contributed by atoms with Crippen molar-refractivity contribution < 1.29 is 33.8 Å². The second kappa shape index (κ2) is 18.4. The number of hydrogen-bond donors (Lipinski definition) is 5. The Balaban J connectivity index is 1.57. The van der Waals surface area contributed by atoms with Crippen molar-refractivity contribution in [3.8, 4) is 0 Å². The van der Waals surface area contributed by atoms with Gasteiger partial charge in [0.1, 0.15) is 11.6 Å². The Morgan fingerprint density at radius 2 is 1.69 bits per heavy atom. The number of ether oxygens (including phenoxy) is 1. The molecule has 0 aliphatic carbocycles. The molecule has 7 N–H and O–H groups in total. The molecule has 0 aliphatic heterocycles. The van der Waals surface area contributed by atoms with Crippen LogP contribution in [0.25, 0.3) is 11.2 Å². The van der Waals surface area contributed by atoms with Crippen LogP contribution in [0.5, 0.6) is 0 Å². The van der Waals surface area contributed by atoms with Crippen LogP contribution in [0.15, 0.2) is 30.5 Å². The number of nitrogens with zero attached hydrogens (tertiary/aromatic N) is 6. The molecule has 0 spiro atoms. The van der Waals surface area contributed by atoms with Crippen molar-refractivity contribution in [2.24, 2.45) is 0 Å². The molecule has 2 aromatic heterocycles. The first kappa shape index (κ1) is 39.8. The Hall–Kier alpha value is -5.61. The van der Waals surface area contributed by atoms with Crippen LogP contribution in [0.3, 0.4) is 0 Å². The minimum atomic E-state index is -1.09. The summed E-state index contributed by atoms with van der Waals surface area (Å²) >= 11 is 0. The molecule has 276 valence electrons. The van der Waals surface area contributed by atoms with Crippen molar-refractivity contribution in [1.29, 1.82) is 0 Å². The number of carbonyl (C=O) groups is 5. The van der Waals surface area contributed by atoms with E-state index in [9.17, 15) is 24.0 Å². The van der Waals surface area contributed by atoms with Crippen molar-refractivity contribution in [2.45, 2.75) is 84.4 Å². The van der Waals surface area contributed by atoms with Gasteiger partial charge in [0.25, 0.3) is 5.91 Å². The van der Waals surface area contributed by atoms with Crippen molar-refractivity contribution in [3.05, 3.63) is 41.7 Å². The summed E-state index contributed by atoms with van der Waals surface area (Å²) in [5.74, 6) is -2.65. The highest BCUT2D eigenvalue weighted by Crippen LogP contribution is 2.19. The number of rotatable bonds is 18. The van der Waals surface area contributed by atoms with Crippen LogP contribution in [0.1, 0.15) is 82.3 Å². The topological polar surface area (TPSA) is 249 Å². The summed E-state index contributed by atoms with van der Waals surface area (Å²) in [6.07, 6.45) is 2.38. The number of nitrogen functional groups attached to an aromatic ring is 2. The number of esters is 1. The number of aliphatic carboxylic acids is 1. The SMILES string of the molecule is CCCN(CCCNC(=O)CC[C@@H](NC(=O)c1ccc(N(C)Cc2cnc3nc(N)nc(N)c3n2)cc1)C(=O)OC(C)(C)C)C(=O)CCC(=O)O. The molecule has 3 aromatic rings. The Kier molecular flexibility index (Phi) is 14.4. The lowest BCUT2D eigenvalue weighted by Crippen LogP contribution is -2.45. The van der Waals surface area contributed by atoms with E-state index in [0.29, 0.717) is 48.5 Å². The summed E-state index contributed by atoms with van der Waals surface area (Å²) in [5, 5.41) is 14.3. The number of amides is 3. The Bertz CT molecular complexity index is 1700. The minimum absolute atomic E-state index is 0.00210. The normalized spacial score (nSPS) is 11.8. The van der Waals surface area contributed by atoms with Crippen molar-refractivity contribution in [1.82, 2.24) is 35.5 Å². The van der Waals surface area contributed by atoms with Crippen LogP contribution in [0, 0.1) is 0 Å². The van der Waals surface area contributed by atoms with E-state index >= 15 is 0 Å². The molecule has 1 aromatic carbocycles. The third kappa shape index (κ3) is 13.0. The fourth-order valence-electron chi connectivity index (χ4n) is 4.99. The quantitative estimate of drug-likeness (QED) is 0.0938. The average molecular weight is 709 g/mol. The Morgan fingerprint density at radius 3 is 2.33 bits per heavy atom. The predicted molar refractivity (Wildman–Crippen MR) is 190 cm³/mol. The molecule has 0 unspecified atom stereocenters. The average Bonchev–Trinajstić information content (AvgIpc) is 3.06. The molecule has 0 saturated carbocycles. The van der Waals surface area contributed by atoms with Crippen molar-refractivity contribution in [3.63, 3.8) is 0 Å². The lowest BCUT2D eigenvalue weighted by Gasteiger charge is -2.25. The maximum atomic E-state index is 13.2. The number of fused-ring (bicyclic) bond motifs is 1. The number of anilines is 3. The summed E-state index contributed by atoms with van der Waals surface area (Å²) in [6.45, 7) is 8.56. The van der Waals surface area contributed by atoms with Crippen LogP contribution < -0.4 is 27.0 Å². The van der Waals surface area contributed by atoms with Gasteiger partial charge in [0.05, 0.1) is 24.9 Å². The number of hydrogen-bond acceptors (Lipinski definition) is 13. The summed E-state index contributed by atoms with van der Waals surface area (Å²) in [4.78, 5) is 82.4. The zero-order chi connectivity index (χ0) is 37.7. The molecule has 17 heteroatoms. The maximum Gasteiger partial charge on any atom is 0.329 e.